The van der Waals surface area contributed by atoms with Gasteiger partial charge in [0, 0.05) is 32.1 Å². The Bertz CT molecular complexity index is 465. The van der Waals surface area contributed by atoms with E-state index in [9.17, 15) is 14.7 Å². The lowest BCUT2D eigenvalue weighted by Gasteiger charge is -2.34. The van der Waals surface area contributed by atoms with Crippen LogP contribution < -0.4 is 10.9 Å². The third-order valence-corrected chi connectivity index (χ3v) is 2.80. The zero-order valence-corrected chi connectivity index (χ0v) is 9.10. The third-order valence-electron chi connectivity index (χ3n) is 2.80. The normalized spacial score (nSPS) is 18.6. The monoisotopic (exact) mass is 239 g/mol. The van der Waals surface area contributed by atoms with Crippen LogP contribution in [0.1, 0.15) is 12.8 Å². The van der Waals surface area contributed by atoms with Gasteiger partial charge in [0.15, 0.2) is 0 Å². The first-order chi connectivity index (χ1) is 8.12. The summed E-state index contributed by atoms with van der Waals surface area (Å²) in [6, 6.07) is 1.24. The van der Waals surface area contributed by atoms with E-state index < -0.39 is 11.5 Å². The van der Waals surface area contributed by atoms with Gasteiger partial charge in [-0.1, -0.05) is 0 Å². The first kappa shape index (κ1) is 11.6. The second kappa shape index (κ2) is 4.54. The Balaban J connectivity index is 2.23. The van der Waals surface area contributed by atoms with Gasteiger partial charge in [0.1, 0.15) is 11.4 Å². The summed E-state index contributed by atoms with van der Waals surface area (Å²) in [5.41, 5.74) is -1.42. The maximum atomic E-state index is 11.3. The maximum Gasteiger partial charge on any atom is 0.329 e. The number of anilines is 1. The highest BCUT2D eigenvalue weighted by molar-refractivity contribution is 5.82. The van der Waals surface area contributed by atoms with E-state index in [1.54, 1.807) is 0 Å². The fourth-order valence-electron chi connectivity index (χ4n) is 1.79. The second-order valence-corrected chi connectivity index (χ2v) is 3.92. The van der Waals surface area contributed by atoms with Gasteiger partial charge in [-0.2, -0.15) is 0 Å². The van der Waals surface area contributed by atoms with Crippen LogP contribution in [-0.2, 0) is 9.53 Å². The first-order valence-electron chi connectivity index (χ1n) is 5.26. The molecule has 0 saturated carbocycles. The molecule has 1 saturated heterocycles. The van der Waals surface area contributed by atoms with E-state index in [4.69, 9.17) is 4.74 Å². The van der Waals surface area contributed by atoms with Crippen molar-refractivity contribution in [2.45, 2.75) is 18.4 Å². The second-order valence-electron chi connectivity index (χ2n) is 3.92. The molecule has 7 heteroatoms. The molecule has 1 aromatic rings. The summed E-state index contributed by atoms with van der Waals surface area (Å²) in [5, 5.41) is 12.1. The summed E-state index contributed by atoms with van der Waals surface area (Å²) < 4.78 is 5.14. The van der Waals surface area contributed by atoms with Crippen molar-refractivity contribution in [3.63, 3.8) is 0 Å². The molecule has 1 aromatic heterocycles. The molecule has 2 heterocycles. The highest BCUT2D eigenvalue weighted by Gasteiger charge is 2.40. The van der Waals surface area contributed by atoms with Crippen molar-refractivity contribution in [1.29, 1.82) is 0 Å². The molecule has 7 nitrogen and oxygen atoms in total. The Hall–Kier alpha value is -1.89. The lowest BCUT2D eigenvalue weighted by molar-refractivity contribution is -0.145. The summed E-state index contributed by atoms with van der Waals surface area (Å²) in [6.45, 7) is 0.755. The van der Waals surface area contributed by atoms with Crippen LogP contribution in [0.2, 0.25) is 0 Å². The molecule has 3 N–H and O–H groups in total. The Labute approximate surface area is 96.8 Å². The van der Waals surface area contributed by atoms with Crippen molar-refractivity contribution in [2.24, 2.45) is 0 Å². The number of carboxylic acid groups (broad SMARTS) is 1. The van der Waals surface area contributed by atoms with Gasteiger partial charge in [0.25, 0.3) is 5.56 Å². The predicted molar refractivity (Wildman–Crippen MR) is 58.9 cm³/mol. The van der Waals surface area contributed by atoms with Crippen molar-refractivity contribution in [1.82, 2.24) is 9.97 Å². The van der Waals surface area contributed by atoms with Gasteiger partial charge in [-0.15, -0.1) is 0 Å². The van der Waals surface area contributed by atoms with Crippen LogP contribution in [-0.4, -0.2) is 39.8 Å². The number of carbonyl (C=O) groups is 1. The number of rotatable bonds is 3. The zero-order chi connectivity index (χ0) is 12.3. The summed E-state index contributed by atoms with van der Waals surface area (Å²) >= 11 is 0. The standard InChI is InChI=1S/C10H13N3O4/c14-8-5-7(11-6-12-8)13-10(9(15)16)1-3-17-4-2-10/h5-6H,1-4H2,(H,15,16)(H2,11,12,13,14). The minimum absolute atomic E-state index is 0.262. The molecule has 0 aromatic carbocycles. The van der Waals surface area contributed by atoms with Gasteiger partial charge in [-0.05, 0) is 0 Å². The molecule has 0 unspecified atom stereocenters. The van der Waals surface area contributed by atoms with E-state index in [0.717, 1.165) is 0 Å². The van der Waals surface area contributed by atoms with E-state index >= 15 is 0 Å². The molecule has 0 aliphatic carbocycles. The molecule has 0 spiro atoms. The summed E-state index contributed by atoms with van der Waals surface area (Å²) in [6.07, 6.45) is 1.92. The van der Waals surface area contributed by atoms with Crippen molar-refractivity contribution in [2.75, 3.05) is 18.5 Å². The number of aromatic amines is 1. The molecule has 2 rings (SSSR count). The van der Waals surface area contributed by atoms with Gasteiger partial charge in [-0.25, -0.2) is 9.78 Å². The smallest absolute Gasteiger partial charge is 0.329 e. The van der Waals surface area contributed by atoms with Crippen molar-refractivity contribution < 1.29 is 14.6 Å². The minimum atomic E-state index is -1.10. The van der Waals surface area contributed by atoms with Gasteiger partial charge in [0.2, 0.25) is 0 Å². The Morgan fingerprint density at radius 3 is 2.82 bits per heavy atom. The first-order valence-corrected chi connectivity index (χ1v) is 5.26. The quantitative estimate of drug-likeness (QED) is 0.675. The maximum absolute atomic E-state index is 11.3. The highest BCUT2D eigenvalue weighted by atomic mass is 16.5. The summed E-state index contributed by atoms with van der Waals surface area (Å²) in [4.78, 5) is 28.7. The van der Waals surface area contributed by atoms with Crippen molar-refractivity contribution in [3.05, 3.63) is 22.7 Å². The average molecular weight is 239 g/mol. The highest BCUT2D eigenvalue weighted by Crippen LogP contribution is 2.24. The number of hydrogen-bond acceptors (Lipinski definition) is 5. The Morgan fingerprint density at radius 1 is 1.53 bits per heavy atom. The van der Waals surface area contributed by atoms with E-state index in [2.05, 4.69) is 15.3 Å². The van der Waals surface area contributed by atoms with Crippen LogP contribution in [0.4, 0.5) is 5.82 Å². The van der Waals surface area contributed by atoms with Gasteiger partial charge < -0.3 is 20.1 Å². The summed E-state index contributed by atoms with van der Waals surface area (Å²) in [5.74, 6) is -0.694. The van der Waals surface area contributed by atoms with Crippen LogP contribution in [0.3, 0.4) is 0 Å². The molecule has 0 radical (unpaired) electrons. The van der Waals surface area contributed by atoms with Gasteiger partial charge in [0.05, 0.1) is 6.33 Å². The number of carboxylic acids is 1. The van der Waals surface area contributed by atoms with Crippen LogP contribution in [0.15, 0.2) is 17.2 Å². The Morgan fingerprint density at radius 2 is 2.24 bits per heavy atom. The molecule has 1 fully saturated rings. The number of hydrogen-bond donors (Lipinski definition) is 3. The number of nitrogens with zero attached hydrogens (tertiary/aromatic N) is 1. The van der Waals surface area contributed by atoms with E-state index in [1.807, 2.05) is 0 Å². The van der Waals surface area contributed by atoms with Gasteiger partial charge >= 0.3 is 5.97 Å². The Kier molecular flexibility index (Phi) is 3.10. The largest absolute Gasteiger partial charge is 0.480 e. The molecule has 92 valence electrons. The predicted octanol–water partition coefficient (Wildman–Crippen LogP) is -0.184. The van der Waals surface area contributed by atoms with Crippen molar-refractivity contribution >= 4 is 11.8 Å². The van der Waals surface area contributed by atoms with Crippen LogP contribution in [0, 0.1) is 0 Å². The minimum Gasteiger partial charge on any atom is -0.480 e. The third kappa shape index (κ3) is 2.44. The molecule has 1 aliphatic heterocycles. The lowest BCUT2D eigenvalue weighted by Crippen LogP contribution is -2.50. The molecule has 0 atom stereocenters. The molecule has 17 heavy (non-hydrogen) atoms. The van der Waals surface area contributed by atoms with Crippen LogP contribution >= 0.6 is 0 Å². The zero-order valence-electron chi connectivity index (χ0n) is 9.10. The lowest BCUT2D eigenvalue weighted by atomic mass is 9.90. The van der Waals surface area contributed by atoms with Crippen LogP contribution in [0.5, 0.6) is 0 Å². The number of ether oxygens (including phenoxy) is 1. The van der Waals surface area contributed by atoms with Crippen LogP contribution in [0.25, 0.3) is 0 Å². The average Bonchev–Trinajstić information content (AvgIpc) is 2.30. The summed E-state index contributed by atoms with van der Waals surface area (Å²) in [7, 11) is 0. The van der Waals surface area contributed by atoms with Crippen molar-refractivity contribution in [3.8, 4) is 0 Å². The molecular weight excluding hydrogens is 226 g/mol. The van der Waals surface area contributed by atoms with E-state index in [-0.39, 0.29) is 11.4 Å². The number of H-pyrrole nitrogens is 1. The molecule has 0 bridgehead atoms. The van der Waals surface area contributed by atoms with E-state index in [0.29, 0.717) is 26.1 Å². The number of nitrogens with one attached hydrogen (secondary N) is 2. The topological polar surface area (TPSA) is 104 Å². The fraction of sp³-hybridized carbons (Fsp3) is 0.500. The molecule has 0 amide bonds. The fourth-order valence-corrected chi connectivity index (χ4v) is 1.79. The van der Waals surface area contributed by atoms with Gasteiger partial charge in [-0.3, -0.25) is 4.79 Å². The molecular formula is C10H13N3O4. The number of aromatic nitrogens is 2. The molecule has 1 aliphatic rings. The van der Waals surface area contributed by atoms with E-state index in [1.165, 1.54) is 12.4 Å². The number of aliphatic carboxylic acids is 1. The SMILES string of the molecule is O=C(O)C1(Nc2cc(=O)[nH]cn2)CCOCC1.